The van der Waals surface area contributed by atoms with Crippen LogP contribution in [0.5, 0.6) is 11.5 Å². The Hall–Kier alpha value is -2.97. The Bertz CT molecular complexity index is 802. The Labute approximate surface area is 189 Å². The molecule has 176 valence electrons. The van der Waals surface area contributed by atoms with Crippen LogP contribution in [0.1, 0.15) is 55.3 Å². The second-order valence-corrected chi connectivity index (χ2v) is 8.36. The second-order valence-electron chi connectivity index (χ2n) is 8.36. The van der Waals surface area contributed by atoms with Crippen molar-refractivity contribution in [1.82, 2.24) is 20.9 Å². The molecule has 3 N–H and O–H groups in total. The molecule has 1 saturated carbocycles. The average Bonchev–Trinajstić information content (AvgIpc) is 2.82. The van der Waals surface area contributed by atoms with Crippen LogP contribution in [0.2, 0.25) is 0 Å². The third kappa shape index (κ3) is 6.51. The van der Waals surface area contributed by atoms with Gasteiger partial charge in [-0.05, 0) is 43.9 Å². The Morgan fingerprint density at radius 1 is 0.906 bits per heavy atom. The third-order valence-electron chi connectivity index (χ3n) is 6.17. The number of hydrogen-bond acceptors (Lipinski definition) is 5. The molecule has 0 aromatic heterocycles. The lowest BCUT2D eigenvalue weighted by atomic mass is 9.96. The van der Waals surface area contributed by atoms with Gasteiger partial charge in [0, 0.05) is 30.7 Å². The van der Waals surface area contributed by atoms with Crippen LogP contribution >= 0.6 is 0 Å². The summed E-state index contributed by atoms with van der Waals surface area (Å²) in [4.78, 5) is 38.9. The van der Waals surface area contributed by atoms with Gasteiger partial charge in [0.05, 0.1) is 20.8 Å². The predicted molar refractivity (Wildman–Crippen MR) is 120 cm³/mol. The Kier molecular flexibility index (Phi) is 8.58. The Balaban J connectivity index is 1.38. The minimum atomic E-state index is -0.352. The molecule has 9 heteroatoms. The van der Waals surface area contributed by atoms with Crippen molar-refractivity contribution < 1.29 is 23.9 Å². The maximum atomic E-state index is 12.5. The number of likely N-dealkylation sites (tertiary alicyclic amines) is 1. The molecule has 2 fully saturated rings. The summed E-state index contributed by atoms with van der Waals surface area (Å²) in [6, 6.07) is 5.08. The zero-order valence-electron chi connectivity index (χ0n) is 18.9. The van der Waals surface area contributed by atoms with Crippen LogP contribution in [0.4, 0.5) is 4.79 Å². The molecule has 0 spiro atoms. The van der Waals surface area contributed by atoms with Crippen molar-refractivity contribution in [3.8, 4) is 11.5 Å². The van der Waals surface area contributed by atoms with Crippen LogP contribution in [0.15, 0.2) is 18.2 Å². The highest BCUT2D eigenvalue weighted by Gasteiger charge is 2.25. The van der Waals surface area contributed by atoms with E-state index >= 15 is 0 Å². The van der Waals surface area contributed by atoms with Gasteiger partial charge in [-0.25, -0.2) is 4.79 Å². The normalized spacial score (nSPS) is 17.4. The fourth-order valence-corrected chi connectivity index (χ4v) is 4.28. The molecule has 0 radical (unpaired) electrons. The molecule has 1 aliphatic carbocycles. The van der Waals surface area contributed by atoms with E-state index in [1.807, 2.05) is 0 Å². The zero-order chi connectivity index (χ0) is 22.9. The largest absolute Gasteiger partial charge is 0.493 e. The molecule has 0 unspecified atom stereocenters. The lowest BCUT2D eigenvalue weighted by Gasteiger charge is -2.33. The summed E-state index contributed by atoms with van der Waals surface area (Å²) in [5.74, 6) is 0.497. The highest BCUT2D eigenvalue weighted by atomic mass is 16.5. The van der Waals surface area contributed by atoms with Crippen molar-refractivity contribution in [3.63, 3.8) is 0 Å². The molecule has 1 heterocycles. The molecule has 32 heavy (non-hydrogen) atoms. The van der Waals surface area contributed by atoms with Crippen LogP contribution < -0.4 is 25.4 Å². The van der Waals surface area contributed by atoms with E-state index in [2.05, 4.69) is 16.0 Å². The van der Waals surface area contributed by atoms with Gasteiger partial charge in [0.2, 0.25) is 5.91 Å². The summed E-state index contributed by atoms with van der Waals surface area (Å²) >= 11 is 0. The summed E-state index contributed by atoms with van der Waals surface area (Å²) in [5, 5.41) is 8.77. The van der Waals surface area contributed by atoms with E-state index in [1.165, 1.54) is 33.5 Å². The van der Waals surface area contributed by atoms with Crippen molar-refractivity contribution in [3.05, 3.63) is 23.8 Å². The monoisotopic (exact) mass is 446 g/mol. The fraction of sp³-hybridized carbons (Fsp3) is 0.609. The number of methoxy groups -OCH3 is 2. The van der Waals surface area contributed by atoms with Crippen molar-refractivity contribution in [2.45, 2.75) is 57.0 Å². The quantitative estimate of drug-likeness (QED) is 0.594. The molecule has 3 rings (SSSR count). The molecular formula is C23H34N4O5. The SMILES string of the molecule is COc1ccc(C(=O)NCC(=O)N2CCC(NC(=O)NC3CCCCC3)CC2)cc1OC. The number of carbonyl (C=O) groups is 3. The van der Waals surface area contributed by atoms with E-state index < -0.39 is 0 Å². The number of ether oxygens (including phenoxy) is 2. The maximum Gasteiger partial charge on any atom is 0.315 e. The van der Waals surface area contributed by atoms with Gasteiger partial charge in [-0.3, -0.25) is 9.59 Å². The molecule has 4 amide bonds. The van der Waals surface area contributed by atoms with E-state index in [0.29, 0.717) is 43.0 Å². The maximum absolute atomic E-state index is 12.5. The van der Waals surface area contributed by atoms with E-state index in [1.54, 1.807) is 23.1 Å². The molecule has 1 aliphatic heterocycles. The van der Waals surface area contributed by atoms with E-state index in [4.69, 9.17) is 9.47 Å². The Morgan fingerprint density at radius 3 is 2.16 bits per heavy atom. The smallest absolute Gasteiger partial charge is 0.315 e. The van der Waals surface area contributed by atoms with Crippen molar-refractivity contribution in [2.75, 3.05) is 33.9 Å². The van der Waals surface area contributed by atoms with Crippen molar-refractivity contribution >= 4 is 17.8 Å². The first-order valence-electron chi connectivity index (χ1n) is 11.3. The summed E-state index contributed by atoms with van der Waals surface area (Å²) in [7, 11) is 3.03. The number of benzene rings is 1. The lowest BCUT2D eigenvalue weighted by Crippen LogP contribution is -2.52. The van der Waals surface area contributed by atoms with Gasteiger partial charge >= 0.3 is 6.03 Å². The van der Waals surface area contributed by atoms with Crippen LogP contribution in [0, 0.1) is 0 Å². The fourth-order valence-electron chi connectivity index (χ4n) is 4.28. The second kappa shape index (κ2) is 11.6. The van der Waals surface area contributed by atoms with Gasteiger partial charge in [0.25, 0.3) is 5.91 Å². The van der Waals surface area contributed by atoms with Gasteiger partial charge in [-0.1, -0.05) is 19.3 Å². The highest BCUT2D eigenvalue weighted by Crippen LogP contribution is 2.27. The number of carbonyl (C=O) groups excluding carboxylic acids is 3. The van der Waals surface area contributed by atoms with Crippen LogP contribution in [0.25, 0.3) is 0 Å². The topological polar surface area (TPSA) is 109 Å². The van der Waals surface area contributed by atoms with Crippen LogP contribution in [-0.2, 0) is 4.79 Å². The minimum absolute atomic E-state index is 0.0593. The molecule has 0 bridgehead atoms. The molecule has 2 aliphatic rings. The van der Waals surface area contributed by atoms with Gasteiger partial charge < -0.3 is 30.3 Å². The number of nitrogens with one attached hydrogen (secondary N) is 3. The van der Waals surface area contributed by atoms with Gasteiger partial charge in [-0.2, -0.15) is 0 Å². The summed E-state index contributed by atoms with van der Waals surface area (Å²) in [5.41, 5.74) is 0.391. The predicted octanol–water partition coefficient (Wildman–Crippen LogP) is 2.06. The van der Waals surface area contributed by atoms with Gasteiger partial charge in [-0.15, -0.1) is 0 Å². The molecule has 9 nitrogen and oxygen atoms in total. The summed E-state index contributed by atoms with van der Waals surface area (Å²) in [6.07, 6.45) is 7.11. The molecule has 1 aromatic rings. The standard InChI is InChI=1S/C23H34N4O5/c1-31-19-9-8-16(14-20(19)32-2)22(29)24-15-21(28)27-12-10-18(11-13-27)26-23(30)25-17-6-4-3-5-7-17/h8-9,14,17-18H,3-7,10-13,15H2,1-2H3,(H,24,29)(H2,25,26,30). The minimum Gasteiger partial charge on any atom is -0.493 e. The summed E-state index contributed by atoms with van der Waals surface area (Å²) < 4.78 is 10.4. The first-order valence-corrected chi connectivity index (χ1v) is 11.3. The van der Waals surface area contributed by atoms with Gasteiger partial charge in [0.15, 0.2) is 11.5 Å². The van der Waals surface area contributed by atoms with Crippen molar-refractivity contribution in [1.29, 1.82) is 0 Å². The number of amides is 4. The average molecular weight is 447 g/mol. The lowest BCUT2D eigenvalue weighted by molar-refractivity contribution is -0.131. The highest BCUT2D eigenvalue weighted by molar-refractivity contribution is 5.97. The van der Waals surface area contributed by atoms with E-state index in [-0.39, 0.29) is 36.5 Å². The van der Waals surface area contributed by atoms with Crippen molar-refractivity contribution in [2.24, 2.45) is 0 Å². The number of rotatable bonds is 7. The number of piperidine rings is 1. The zero-order valence-corrected chi connectivity index (χ0v) is 18.9. The molecule has 0 atom stereocenters. The number of urea groups is 1. The summed E-state index contributed by atoms with van der Waals surface area (Å²) in [6.45, 7) is 1.03. The number of nitrogens with zero attached hydrogens (tertiary/aromatic N) is 1. The molecule has 1 aromatic carbocycles. The first-order chi connectivity index (χ1) is 15.5. The van der Waals surface area contributed by atoms with E-state index in [0.717, 1.165) is 12.8 Å². The van der Waals surface area contributed by atoms with Crippen LogP contribution in [0.3, 0.4) is 0 Å². The van der Waals surface area contributed by atoms with E-state index in [9.17, 15) is 14.4 Å². The molecular weight excluding hydrogens is 412 g/mol. The van der Waals surface area contributed by atoms with Gasteiger partial charge in [0.1, 0.15) is 0 Å². The first kappa shape index (κ1) is 23.7. The number of hydrogen-bond donors (Lipinski definition) is 3. The Morgan fingerprint density at radius 2 is 1.53 bits per heavy atom. The molecule has 1 saturated heterocycles. The van der Waals surface area contributed by atoms with Crippen LogP contribution in [-0.4, -0.2) is 68.7 Å². The third-order valence-corrected chi connectivity index (χ3v) is 6.17.